The molecule has 0 aromatic carbocycles. The van der Waals surface area contributed by atoms with Crippen LogP contribution in [-0.4, -0.2) is 24.5 Å². The fourth-order valence-electron chi connectivity index (χ4n) is 2.27. The predicted octanol–water partition coefficient (Wildman–Crippen LogP) is 2.59. The van der Waals surface area contributed by atoms with Gasteiger partial charge in [0.05, 0.1) is 0 Å². The third-order valence-corrected chi connectivity index (χ3v) is 3.31. The largest absolute Gasteiger partial charge is 0.350 e. The summed E-state index contributed by atoms with van der Waals surface area (Å²) in [6.45, 7) is 6.51. The van der Waals surface area contributed by atoms with E-state index in [2.05, 4.69) is 25.3 Å². The number of pyridine rings is 1. The van der Waals surface area contributed by atoms with E-state index in [1.165, 1.54) is 0 Å². The Labute approximate surface area is 129 Å². The van der Waals surface area contributed by atoms with Crippen molar-refractivity contribution in [3.8, 4) is 5.82 Å². The van der Waals surface area contributed by atoms with E-state index < -0.39 is 0 Å². The Balaban J connectivity index is 1.70. The van der Waals surface area contributed by atoms with E-state index in [0.717, 1.165) is 28.6 Å². The molecule has 0 atom stereocenters. The van der Waals surface area contributed by atoms with E-state index in [0.29, 0.717) is 12.5 Å². The first-order valence-electron chi connectivity index (χ1n) is 7.13. The van der Waals surface area contributed by atoms with Gasteiger partial charge in [0.15, 0.2) is 0 Å². The molecule has 6 heteroatoms. The van der Waals surface area contributed by atoms with Crippen molar-refractivity contribution >= 4 is 5.95 Å². The van der Waals surface area contributed by atoms with Crippen molar-refractivity contribution in [2.24, 2.45) is 0 Å². The molecule has 1 N–H and O–H groups in total. The molecule has 0 aliphatic heterocycles. The molecule has 6 nitrogen and oxygen atoms in total. The number of aromatic nitrogens is 5. The maximum Gasteiger partial charge on any atom is 0.223 e. The SMILES string of the molecule is Cc1cc(C)nc(NCc2ccc(-n3ccnc3C)nc2)n1. The van der Waals surface area contributed by atoms with Crippen molar-refractivity contribution in [1.29, 1.82) is 0 Å². The summed E-state index contributed by atoms with van der Waals surface area (Å²) in [5.41, 5.74) is 2.99. The van der Waals surface area contributed by atoms with Crippen LogP contribution in [0.1, 0.15) is 22.8 Å². The first-order valence-corrected chi connectivity index (χ1v) is 7.13. The van der Waals surface area contributed by atoms with Crippen molar-refractivity contribution in [1.82, 2.24) is 24.5 Å². The van der Waals surface area contributed by atoms with Crippen molar-refractivity contribution in [2.75, 3.05) is 5.32 Å². The molecular weight excluding hydrogens is 276 g/mol. The minimum Gasteiger partial charge on any atom is -0.350 e. The second kappa shape index (κ2) is 5.93. The molecule has 3 rings (SSSR count). The number of anilines is 1. The summed E-state index contributed by atoms with van der Waals surface area (Å²) in [5.74, 6) is 2.43. The standard InChI is InChI=1S/C16H18N6/c1-11-8-12(2)21-16(20-11)19-10-14-4-5-15(18-9-14)22-7-6-17-13(22)3/h4-9H,10H2,1-3H3,(H,19,20,21). The lowest BCUT2D eigenvalue weighted by molar-refractivity contribution is 0.923. The van der Waals surface area contributed by atoms with Crippen LogP contribution in [0.4, 0.5) is 5.95 Å². The maximum absolute atomic E-state index is 4.47. The van der Waals surface area contributed by atoms with Crippen LogP contribution in [0.3, 0.4) is 0 Å². The van der Waals surface area contributed by atoms with Crippen LogP contribution < -0.4 is 5.32 Å². The van der Waals surface area contributed by atoms with Gasteiger partial charge in [-0.3, -0.25) is 4.57 Å². The van der Waals surface area contributed by atoms with Crippen LogP contribution in [0.15, 0.2) is 36.8 Å². The van der Waals surface area contributed by atoms with Crippen LogP contribution in [0, 0.1) is 20.8 Å². The molecule has 0 amide bonds. The van der Waals surface area contributed by atoms with Gasteiger partial charge in [0.1, 0.15) is 11.6 Å². The third-order valence-electron chi connectivity index (χ3n) is 3.31. The number of rotatable bonds is 4. The van der Waals surface area contributed by atoms with Gasteiger partial charge >= 0.3 is 0 Å². The monoisotopic (exact) mass is 294 g/mol. The van der Waals surface area contributed by atoms with Crippen LogP contribution >= 0.6 is 0 Å². The zero-order valence-electron chi connectivity index (χ0n) is 12.9. The molecule has 0 fully saturated rings. The average Bonchev–Trinajstić information content (AvgIpc) is 2.91. The van der Waals surface area contributed by atoms with Gasteiger partial charge in [0.25, 0.3) is 0 Å². The molecule has 3 aromatic rings. The number of nitrogens with zero attached hydrogens (tertiary/aromatic N) is 5. The lowest BCUT2D eigenvalue weighted by atomic mass is 10.3. The summed E-state index contributed by atoms with van der Waals surface area (Å²) >= 11 is 0. The molecule has 0 aliphatic carbocycles. The van der Waals surface area contributed by atoms with Crippen LogP contribution in [0.5, 0.6) is 0 Å². The van der Waals surface area contributed by atoms with Gasteiger partial charge < -0.3 is 5.32 Å². The zero-order chi connectivity index (χ0) is 15.5. The van der Waals surface area contributed by atoms with Crippen LogP contribution in [0.25, 0.3) is 5.82 Å². The number of hydrogen-bond donors (Lipinski definition) is 1. The number of nitrogens with one attached hydrogen (secondary N) is 1. The Bertz CT molecular complexity index is 755. The van der Waals surface area contributed by atoms with Gasteiger partial charge in [0.2, 0.25) is 5.95 Å². The van der Waals surface area contributed by atoms with E-state index >= 15 is 0 Å². The summed E-state index contributed by atoms with van der Waals surface area (Å²) in [7, 11) is 0. The summed E-state index contributed by atoms with van der Waals surface area (Å²) in [6, 6.07) is 5.97. The van der Waals surface area contributed by atoms with Gasteiger partial charge in [-0.15, -0.1) is 0 Å². The molecule has 3 aromatic heterocycles. The minimum absolute atomic E-state index is 0.638. The molecule has 0 saturated carbocycles. The predicted molar refractivity (Wildman–Crippen MR) is 84.9 cm³/mol. The molecule has 0 saturated heterocycles. The first-order chi connectivity index (χ1) is 10.6. The molecule has 22 heavy (non-hydrogen) atoms. The zero-order valence-corrected chi connectivity index (χ0v) is 12.9. The minimum atomic E-state index is 0.638. The first kappa shape index (κ1) is 14.2. The topological polar surface area (TPSA) is 68.5 Å². The van der Waals surface area contributed by atoms with Gasteiger partial charge in [-0.2, -0.15) is 0 Å². The molecule has 0 unspecified atom stereocenters. The summed E-state index contributed by atoms with van der Waals surface area (Å²) in [4.78, 5) is 17.4. The normalized spacial score (nSPS) is 10.7. The lowest BCUT2D eigenvalue weighted by Crippen LogP contribution is -2.06. The molecule has 0 aliphatic rings. The molecule has 3 heterocycles. The Morgan fingerprint density at radius 1 is 1.05 bits per heavy atom. The van der Waals surface area contributed by atoms with Crippen molar-refractivity contribution < 1.29 is 0 Å². The number of imidazole rings is 1. The highest BCUT2D eigenvalue weighted by Gasteiger charge is 2.03. The highest BCUT2D eigenvalue weighted by atomic mass is 15.1. The molecular formula is C16H18N6. The van der Waals surface area contributed by atoms with Crippen molar-refractivity contribution in [3.05, 3.63) is 59.6 Å². The Morgan fingerprint density at radius 2 is 1.82 bits per heavy atom. The molecule has 0 bridgehead atoms. The van der Waals surface area contributed by atoms with E-state index in [4.69, 9.17) is 0 Å². The van der Waals surface area contributed by atoms with Gasteiger partial charge in [0, 0.05) is 36.5 Å². The highest BCUT2D eigenvalue weighted by Crippen LogP contribution is 2.10. The van der Waals surface area contributed by atoms with E-state index in [9.17, 15) is 0 Å². The van der Waals surface area contributed by atoms with Gasteiger partial charge in [-0.1, -0.05) is 6.07 Å². The average molecular weight is 294 g/mol. The Kier molecular flexibility index (Phi) is 3.82. The summed E-state index contributed by atoms with van der Waals surface area (Å²) in [6.07, 6.45) is 5.52. The van der Waals surface area contributed by atoms with Crippen LogP contribution in [-0.2, 0) is 6.54 Å². The van der Waals surface area contributed by atoms with E-state index in [1.807, 2.05) is 55.9 Å². The van der Waals surface area contributed by atoms with Crippen molar-refractivity contribution in [2.45, 2.75) is 27.3 Å². The van der Waals surface area contributed by atoms with Gasteiger partial charge in [-0.25, -0.2) is 19.9 Å². The number of aryl methyl sites for hydroxylation is 3. The fraction of sp³-hybridized carbons (Fsp3) is 0.250. The Hall–Kier alpha value is -2.76. The van der Waals surface area contributed by atoms with Crippen molar-refractivity contribution in [3.63, 3.8) is 0 Å². The van der Waals surface area contributed by atoms with E-state index in [-0.39, 0.29) is 0 Å². The molecule has 112 valence electrons. The van der Waals surface area contributed by atoms with Gasteiger partial charge in [-0.05, 0) is 38.5 Å². The smallest absolute Gasteiger partial charge is 0.223 e. The second-order valence-corrected chi connectivity index (χ2v) is 5.20. The fourth-order valence-corrected chi connectivity index (χ4v) is 2.27. The molecule has 0 radical (unpaired) electrons. The second-order valence-electron chi connectivity index (χ2n) is 5.20. The summed E-state index contributed by atoms with van der Waals surface area (Å²) in [5, 5.41) is 3.23. The third kappa shape index (κ3) is 3.11. The summed E-state index contributed by atoms with van der Waals surface area (Å²) < 4.78 is 1.95. The lowest BCUT2D eigenvalue weighted by Gasteiger charge is -2.08. The number of hydrogen-bond acceptors (Lipinski definition) is 5. The van der Waals surface area contributed by atoms with E-state index in [1.54, 1.807) is 6.20 Å². The Morgan fingerprint density at radius 3 is 2.41 bits per heavy atom. The molecule has 0 spiro atoms. The quantitative estimate of drug-likeness (QED) is 0.801. The van der Waals surface area contributed by atoms with Crippen LogP contribution in [0.2, 0.25) is 0 Å². The maximum atomic E-state index is 4.47. The highest BCUT2D eigenvalue weighted by molar-refractivity contribution is 5.32.